The van der Waals surface area contributed by atoms with Crippen LogP contribution in [0.1, 0.15) is 33.6 Å². The Bertz CT molecular complexity index is 540. The molecule has 0 unspecified atom stereocenters. The van der Waals surface area contributed by atoms with E-state index in [1.807, 2.05) is 6.92 Å². The number of aliphatic hydroxyl groups excluding tert-OH is 1. The number of ether oxygens (including phenoxy) is 2. The SMILES string of the molecule is C/C=C(\C)C(=O)O[C@@H]1CCN2CC[C@H](COC(=O)/C(=C/C)CO)[C@@H]12. The summed E-state index contributed by atoms with van der Waals surface area (Å²) in [6.45, 7) is 7.05. The van der Waals surface area contributed by atoms with E-state index in [-0.39, 0.29) is 42.8 Å². The Morgan fingerprint density at radius 2 is 1.88 bits per heavy atom. The first kappa shape index (κ1) is 18.7. The van der Waals surface area contributed by atoms with Gasteiger partial charge in [-0.3, -0.25) is 4.90 Å². The zero-order chi connectivity index (χ0) is 17.7. The van der Waals surface area contributed by atoms with Crippen molar-refractivity contribution in [3.05, 3.63) is 23.3 Å². The van der Waals surface area contributed by atoms with Crippen LogP contribution in [0.15, 0.2) is 23.3 Å². The maximum Gasteiger partial charge on any atom is 0.336 e. The summed E-state index contributed by atoms with van der Waals surface area (Å²) in [6.07, 6.45) is 4.88. The molecular formula is C18H27NO5. The van der Waals surface area contributed by atoms with Gasteiger partial charge in [-0.25, -0.2) is 9.59 Å². The molecule has 2 saturated heterocycles. The smallest absolute Gasteiger partial charge is 0.336 e. The van der Waals surface area contributed by atoms with Crippen molar-refractivity contribution in [1.29, 1.82) is 0 Å². The fraction of sp³-hybridized carbons (Fsp3) is 0.667. The molecule has 6 nitrogen and oxygen atoms in total. The average molecular weight is 337 g/mol. The van der Waals surface area contributed by atoms with Gasteiger partial charge in [0.05, 0.1) is 24.8 Å². The molecule has 24 heavy (non-hydrogen) atoms. The Morgan fingerprint density at radius 1 is 1.17 bits per heavy atom. The Kier molecular flexibility index (Phi) is 6.57. The fourth-order valence-electron chi connectivity index (χ4n) is 3.42. The fourth-order valence-corrected chi connectivity index (χ4v) is 3.42. The van der Waals surface area contributed by atoms with E-state index >= 15 is 0 Å². The molecule has 2 aliphatic heterocycles. The molecule has 134 valence electrons. The number of nitrogens with zero attached hydrogens (tertiary/aromatic N) is 1. The van der Waals surface area contributed by atoms with Crippen molar-refractivity contribution in [2.75, 3.05) is 26.3 Å². The Balaban J connectivity index is 1.95. The molecule has 2 aliphatic rings. The minimum atomic E-state index is -0.477. The molecule has 3 atom stereocenters. The van der Waals surface area contributed by atoms with E-state index in [0.29, 0.717) is 5.57 Å². The van der Waals surface area contributed by atoms with Gasteiger partial charge in [0.2, 0.25) is 0 Å². The Hall–Kier alpha value is -1.66. The largest absolute Gasteiger partial charge is 0.462 e. The molecule has 2 rings (SSSR count). The first-order valence-electron chi connectivity index (χ1n) is 8.52. The van der Waals surface area contributed by atoms with E-state index in [4.69, 9.17) is 14.6 Å². The minimum absolute atomic E-state index is 0.106. The summed E-state index contributed by atoms with van der Waals surface area (Å²) < 4.78 is 11.0. The van der Waals surface area contributed by atoms with Crippen LogP contribution >= 0.6 is 0 Å². The lowest BCUT2D eigenvalue weighted by Crippen LogP contribution is -2.38. The highest BCUT2D eigenvalue weighted by Gasteiger charge is 2.46. The van der Waals surface area contributed by atoms with E-state index < -0.39 is 5.97 Å². The number of hydrogen-bond donors (Lipinski definition) is 1. The van der Waals surface area contributed by atoms with Crippen LogP contribution in [0.2, 0.25) is 0 Å². The van der Waals surface area contributed by atoms with Crippen LogP contribution in [0.4, 0.5) is 0 Å². The molecular weight excluding hydrogens is 310 g/mol. The Labute approximate surface area is 143 Å². The summed E-state index contributed by atoms with van der Waals surface area (Å²) in [5, 5.41) is 9.12. The molecule has 0 spiro atoms. The third kappa shape index (κ3) is 4.05. The van der Waals surface area contributed by atoms with Gasteiger partial charge >= 0.3 is 11.9 Å². The topological polar surface area (TPSA) is 76.1 Å². The second-order valence-corrected chi connectivity index (χ2v) is 6.35. The van der Waals surface area contributed by atoms with Crippen molar-refractivity contribution >= 4 is 11.9 Å². The standard InChI is InChI=1S/C18H27NO5/c1-4-12(3)17(21)24-15-7-9-19-8-6-14(16(15)19)11-23-18(22)13(5-2)10-20/h4-5,14-16,20H,6-11H2,1-3H3/b12-4+,13-5+/t14-,15-,16+/m1/s1. The maximum absolute atomic E-state index is 12.0. The molecule has 0 amide bonds. The molecule has 0 aromatic heterocycles. The van der Waals surface area contributed by atoms with E-state index in [1.54, 1.807) is 26.0 Å². The summed E-state index contributed by atoms with van der Waals surface area (Å²) in [7, 11) is 0. The highest BCUT2D eigenvalue weighted by Crippen LogP contribution is 2.35. The number of carbonyl (C=O) groups excluding carboxylic acids is 2. The molecule has 1 N–H and O–H groups in total. The number of rotatable bonds is 6. The van der Waals surface area contributed by atoms with Gasteiger partial charge in [0.25, 0.3) is 0 Å². The van der Waals surface area contributed by atoms with Crippen molar-refractivity contribution in [3.63, 3.8) is 0 Å². The van der Waals surface area contributed by atoms with E-state index in [0.717, 1.165) is 25.9 Å². The number of fused-ring (bicyclic) bond motifs is 1. The van der Waals surface area contributed by atoms with Crippen LogP contribution in [-0.4, -0.2) is 60.4 Å². The summed E-state index contributed by atoms with van der Waals surface area (Å²) in [6, 6.07) is 0.106. The summed E-state index contributed by atoms with van der Waals surface area (Å²) in [5.41, 5.74) is 0.873. The third-order valence-electron chi connectivity index (χ3n) is 5.00. The molecule has 2 fully saturated rings. The van der Waals surface area contributed by atoms with Gasteiger partial charge in [0.1, 0.15) is 6.10 Å². The number of carbonyl (C=O) groups is 2. The first-order chi connectivity index (χ1) is 11.5. The quantitative estimate of drug-likeness (QED) is 0.584. The first-order valence-corrected chi connectivity index (χ1v) is 8.52. The van der Waals surface area contributed by atoms with Crippen molar-refractivity contribution in [3.8, 4) is 0 Å². The molecule has 0 radical (unpaired) electrons. The van der Waals surface area contributed by atoms with Crippen molar-refractivity contribution in [2.45, 2.75) is 45.8 Å². The second kappa shape index (κ2) is 8.44. The monoisotopic (exact) mass is 337 g/mol. The molecule has 0 saturated carbocycles. The van der Waals surface area contributed by atoms with Gasteiger partial charge in [0.15, 0.2) is 0 Å². The molecule has 6 heteroatoms. The number of allylic oxidation sites excluding steroid dienone is 2. The van der Waals surface area contributed by atoms with E-state index in [2.05, 4.69) is 4.90 Å². The highest BCUT2D eigenvalue weighted by molar-refractivity contribution is 5.88. The van der Waals surface area contributed by atoms with Crippen molar-refractivity contribution in [1.82, 2.24) is 4.90 Å². The second-order valence-electron chi connectivity index (χ2n) is 6.35. The van der Waals surface area contributed by atoms with Gasteiger partial charge in [-0.1, -0.05) is 12.2 Å². The van der Waals surface area contributed by atoms with E-state index in [1.165, 1.54) is 0 Å². The van der Waals surface area contributed by atoms with Crippen molar-refractivity contribution < 1.29 is 24.2 Å². The van der Waals surface area contributed by atoms with Crippen LogP contribution in [0.5, 0.6) is 0 Å². The van der Waals surface area contributed by atoms with Gasteiger partial charge in [-0.05, 0) is 40.2 Å². The predicted molar refractivity (Wildman–Crippen MR) is 89.2 cm³/mol. The normalized spacial score (nSPS) is 27.9. The molecule has 0 aromatic carbocycles. The zero-order valence-electron chi connectivity index (χ0n) is 14.7. The third-order valence-corrected chi connectivity index (χ3v) is 5.00. The predicted octanol–water partition coefficient (Wildman–Crippen LogP) is 1.44. The zero-order valence-corrected chi connectivity index (χ0v) is 14.7. The molecule has 2 heterocycles. The summed E-state index contributed by atoms with van der Waals surface area (Å²) in [4.78, 5) is 26.2. The highest BCUT2D eigenvalue weighted by atomic mass is 16.5. The van der Waals surface area contributed by atoms with Gasteiger partial charge < -0.3 is 14.6 Å². The van der Waals surface area contributed by atoms with E-state index in [9.17, 15) is 9.59 Å². The van der Waals surface area contributed by atoms with Gasteiger partial charge in [0, 0.05) is 18.0 Å². The molecule has 0 aliphatic carbocycles. The van der Waals surface area contributed by atoms with Gasteiger partial charge in [-0.2, -0.15) is 0 Å². The number of esters is 2. The number of aliphatic hydroxyl groups is 1. The lowest BCUT2D eigenvalue weighted by atomic mass is 9.97. The Morgan fingerprint density at radius 3 is 2.50 bits per heavy atom. The van der Waals surface area contributed by atoms with Gasteiger partial charge in [-0.15, -0.1) is 0 Å². The summed E-state index contributed by atoms with van der Waals surface area (Å²) in [5.74, 6) is -0.602. The minimum Gasteiger partial charge on any atom is -0.462 e. The van der Waals surface area contributed by atoms with Crippen LogP contribution in [0.3, 0.4) is 0 Å². The van der Waals surface area contributed by atoms with Crippen molar-refractivity contribution in [2.24, 2.45) is 5.92 Å². The average Bonchev–Trinajstić information content (AvgIpc) is 3.16. The van der Waals surface area contributed by atoms with Crippen LogP contribution < -0.4 is 0 Å². The maximum atomic E-state index is 12.0. The lowest BCUT2D eigenvalue weighted by Gasteiger charge is -2.26. The van der Waals surface area contributed by atoms with Crippen LogP contribution in [0.25, 0.3) is 0 Å². The van der Waals surface area contributed by atoms with Crippen LogP contribution in [-0.2, 0) is 19.1 Å². The lowest BCUT2D eigenvalue weighted by molar-refractivity contribution is -0.148. The number of hydrogen-bond acceptors (Lipinski definition) is 6. The van der Waals surface area contributed by atoms with Crippen LogP contribution in [0, 0.1) is 5.92 Å². The molecule has 0 aromatic rings. The molecule has 0 bridgehead atoms. The summed E-state index contributed by atoms with van der Waals surface area (Å²) >= 11 is 0.